The van der Waals surface area contributed by atoms with Gasteiger partial charge < -0.3 is 4.98 Å². The van der Waals surface area contributed by atoms with Crippen molar-refractivity contribution in [2.45, 2.75) is 6.92 Å². The molecule has 0 atom stereocenters. The quantitative estimate of drug-likeness (QED) is 0.539. The van der Waals surface area contributed by atoms with Crippen molar-refractivity contribution in [3.8, 4) is 0 Å². The Morgan fingerprint density at radius 2 is 2.75 bits per heavy atom. The van der Waals surface area contributed by atoms with E-state index in [1.54, 1.807) is 18.6 Å². The van der Waals surface area contributed by atoms with E-state index in [1.807, 2.05) is 6.92 Å². The molecule has 0 aliphatic heterocycles. The molecule has 8 heavy (non-hydrogen) atoms. The van der Waals surface area contributed by atoms with Crippen molar-refractivity contribution in [2.75, 3.05) is 0 Å². The van der Waals surface area contributed by atoms with Gasteiger partial charge in [0.2, 0.25) is 5.95 Å². The van der Waals surface area contributed by atoms with E-state index in [0.29, 0.717) is 5.95 Å². The van der Waals surface area contributed by atoms with Crippen LogP contribution in [0.5, 0.6) is 0 Å². The lowest BCUT2D eigenvalue weighted by molar-refractivity contribution is 1.25. The number of H-pyrrole nitrogens is 1. The highest BCUT2D eigenvalue weighted by atomic mass is 15.0. The molecule has 0 aromatic carbocycles. The van der Waals surface area contributed by atoms with Crippen LogP contribution < -0.4 is 0 Å². The largest absolute Gasteiger partial charge is 0.329 e. The molecule has 3 heteroatoms. The van der Waals surface area contributed by atoms with Crippen LogP contribution in [0.1, 0.15) is 6.92 Å². The first kappa shape index (κ1) is 5.03. The number of hydrogen-bond donors (Lipinski definition) is 1. The van der Waals surface area contributed by atoms with Gasteiger partial charge in [0.15, 0.2) is 0 Å². The minimum Gasteiger partial charge on any atom is -0.329 e. The van der Waals surface area contributed by atoms with Crippen molar-refractivity contribution in [3.05, 3.63) is 12.4 Å². The van der Waals surface area contributed by atoms with E-state index in [0.717, 1.165) is 0 Å². The van der Waals surface area contributed by atoms with Gasteiger partial charge in [0, 0.05) is 18.6 Å². The molecule has 0 radical (unpaired) electrons. The topological polar surface area (TPSA) is 41.0 Å². The SMILES string of the molecule is CC=Nc1ncc[nH]1. The maximum absolute atomic E-state index is 3.88. The highest BCUT2D eigenvalue weighted by Gasteiger charge is 1.81. The summed E-state index contributed by atoms with van der Waals surface area (Å²) in [6.45, 7) is 1.85. The number of nitrogens with zero attached hydrogens (tertiary/aromatic N) is 2. The molecule has 0 bridgehead atoms. The van der Waals surface area contributed by atoms with E-state index >= 15 is 0 Å². The first-order valence-corrected chi connectivity index (χ1v) is 2.41. The molecule has 0 saturated carbocycles. The molecule has 1 heterocycles. The van der Waals surface area contributed by atoms with Crippen LogP contribution in [-0.4, -0.2) is 16.2 Å². The fourth-order valence-corrected chi connectivity index (χ4v) is 0.450. The van der Waals surface area contributed by atoms with E-state index in [4.69, 9.17) is 0 Å². The summed E-state index contributed by atoms with van der Waals surface area (Å²) >= 11 is 0. The van der Waals surface area contributed by atoms with Crippen molar-refractivity contribution < 1.29 is 0 Å². The molecule has 0 unspecified atom stereocenters. The third kappa shape index (κ3) is 0.932. The minimum atomic E-state index is 0.660. The lowest BCUT2D eigenvalue weighted by atomic mass is 10.9. The van der Waals surface area contributed by atoms with Gasteiger partial charge in [-0.1, -0.05) is 0 Å². The van der Waals surface area contributed by atoms with Gasteiger partial charge in [0.05, 0.1) is 0 Å². The fraction of sp³-hybridized carbons (Fsp3) is 0.200. The number of imidazole rings is 1. The van der Waals surface area contributed by atoms with Crippen molar-refractivity contribution >= 4 is 12.2 Å². The summed E-state index contributed by atoms with van der Waals surface area (Å²) in [5, 5.41) is 0. The maximum atomic E-state index is 3.88. The number of aliphatic imine (C=N–C) groups is 1. The molecule has 0 aliphatic carbocycles. The average molecular weight is 109 g/mol. The van der Waals surface area contributed by atoms with Crippen LogP contribution in [-0.2, 0) is 0 Å². The van der Waals surface area contributed by atoms with Gasteiger partial charge >= 0.3 is 0 Å². The van der Waals surface area contributed by atoms with E-state index in [9.17, 15) is 0 Å². The van der Waals surface area contributed by atoms with Crippen molar-refractivity contribution in [2.24, 2.45) is 4.99 Å². The van der Waals surface area contributed by atoms with Gasteiger partial charge in [-0.25, -0.2) is 9.98 Å². The number of rotatable bonds is 1. The Bertz CT molecular complexity index is 164. The van der Waals surface area contributed by atoms with Crippen LogP contribution in [0.15, 0.2) is 17.4 Å². The first-order chi connectivity index (χ1) is 3.93. The summed E-state index contributed by atoms with van der Waals surface area (Å²) in [7, 11) is 0. The Balaban J connectivity index is 2.77. The van der Waals surface area contributed by atoms with E-state index in [1.165, 1.54) is 0 Å². The van der Waals surface area contributed by atoms with Crippen molar-refractivity contribution in [3.63, 3.8) is 0 Å². The number of aromatic nitrogens is 2. The molecule has 0 saturated heterocycles. The molecular formula is C5H7N3. The maximum Gasteiger partial charge on any atom is 0.226 e. The van der Waals surface area contributed by atoms with Gasteiger partial charge in [-0.3, -0.25) is 0 Å². The van der Waals surface area contributed by atoms with Crippen LogP contribution >= 0.6 is 0 Å². The molecule has 0 spiro atoms. The van der Waals surface area contributed by atoms with Crippen molar-refractivity contribution in [1.29, 1.82) is 0 Å². The standard InChI is InChI=1S/C5H7N3/c1-2-6-5-7-3-4-8-5/h2-4H,1H3,(H,7,8). The van der Waals surface area contributed by atoms with Crippen LogP contribution in [0.2, 0.25) is 0 Å². The highest BCUT2D eigenvalue weighted by Crippen LogP contribution is 1.97. The van der Waals surface area contributed by atoms with Gasteiger partial charge in [-0.2, -0.15) is 0 Å². The average Bonchev–Trinajstić information content (AvgIpc) is 2.19. The number of hydrogen-bond acceptors (Lipinski definition) is 2. The minimum absolute atomic E-state index is 0.660. The third-order valence-corrected chi connectivity index (χ3v) is 0.735. The molecule has 1 rings (SSSR count). The molecule has 0 amide bonds. The van der Waals surface area contributed by atoms with Crippen LogP contribution in [0, 0.1) is 0 Å². The number of nitrogens with one attached hydrogen (secondary N) is 1. The smallest absolute Gasteiger partial charge is 0.226 e. The molecule has 0 aliphatic rings. The second-order valence-corrected chi connectivity index (χ2v) is 1.30. The second kappa shape index (κ2) is 2.26. The molecule has 42 valence electrons. The van der Waals surface area contributed by atoms with Gasteiger partial charge in [0.1, 0.15) is 0 Å². The Morgan fingerprint density at radius 3 is 3.25 bits per heavy atom. The van der Waals surface area contributed by atoms with Gasteiger partial charge in [-0.15, -0.1) is 0 Å². The van der Waals surface area contributed by atoms with Crippen LogP contribution in [0.3, 0.4) is 0 Å². The molecule has 1 aromatic heterocycles. The van der Waals surface area contributed by atoms with E-state index in [2.05, 4.69) is 15.0 Å². The second-order valence-electron chi connectivity index (χ2n) is 1.30. The normalized spacial score (nSPS) is 10.6. The van der Waals surface area contributed by atoms with Gasteiger partial charge in [-0.05, 0) is 6.92 Å². The highest BCUT2D eigenvalue weighted by molar-refractivity contribution is 5.57. The lowest BCUT2D eigenvalue weighted by Crippen LogP contribution is -1.64. The fourth-order valence-electron chi connectivity index (χ4n) is 0.450. The van der Waals surface area contributed by atoms with E-state index < -0.39 is 0 Å². The van der Waals surface area contributed by atoms with Gasteiger partial charge in [0.25, 0.3) is 0 Å². The third-order valence-electron chi connectivity index (χ3n) is 0.735. The monoisotopic (exact) mass is 109 g/mol. The Hall–Kier alpha value is -1.12. The van der Waals surface area contributed by atoms with Crippen molar-refractivity contribution in [1.82, 2.24) is 9.97 Å². The summed E-state index contributed by atoms with van der Waals surface area (Å²) in [6, 6.07) is 0. The summed E-state index contributed by atoms with van der Waals surface area (Å²) < 4.78 is 0. The van der Waals surface area contributed by atoms with E-state index in [-0.39, 0.29) is 0 Å². The summed E-state index contributed by atoms with van der Waals surface area (Å²) in [5.41, 5.74) is 0. The summed E-state index contributed by atoms with van der Waals surface area (Å²) in [5.74, 6) is 0.660. The molecule has 3 nitrogen and oxygen atoms in total. The Morgan fingerprint density at radius 1 is 1.88 bits per heavy atom. The zero-order valence-corrected chi connectivity index (χ0v) is 4.63. The summed E-state index contributed by atoms with van der Waals surface area (Å²) in [6.07, 6.45) is 5.10. The molecular weight excluding hydrogens is 102 g/mol. The zero-order chi connectivity index (χ0) is 5.82. The summed E-state index contributed by atoms with van der Waals surface area (Å²) in [4.78, 5) is 10.6. The lowest BCUT2D eigenvalue weighted by Gasteiger charge is -1.76. The van der Waals surface area contributed by atoms with Crippen LogP contribution in [0.4, 0.5) is 5.95 Å². The molecule has 1 N–H and O–H groups in total. The molecule has 0 fully saturated rings. The predicted molar refractivity (Wildman–Crippen MR) is 32.4 cm³/mol. The predicted octanol–water partition coefficient (Wildman–Crippen LogP) is 1.13. The zero-order valence-electron chi connectivity index (χ0n) is 4.63. The molecule has 1 aromatic rings. The Kier molecular flexibility index (Phi) is 1.42. The van der Waals surface area contributed by atoms with Crippen LogP contribution in [0.25, 0.3) is 0 Å². The number of aromatic amines is 1. The Labute approximate surface area is 47.5 Å². The first-order valence-electron chi connectivity index (χ1n) is 2.41.